The fraction of sp³-hybridized carbons (Fsp3) is 0.0909. The van der Waals surface area contributed by atoms with Crippen LogP contribution in [0.15, 0.2) is 30.6 Å². The van der Waals surface area contributed by atoms with Gasteiger partial charge in [0.1, 0.15) is 5.75 Å². The van der Waals surface area contributed by atoms with Crippen LogP contribution in [0.2, 0.25) is 5.02 Å². The molecule has 0 spiro atoms. The lowest BCUT2D eigenvalue weighted by atomic mass is 10.3. The molecule has 0 atom stereocenters. The van der Waals surface area contributed by atoms with Gasteiger partial charge in [0, 0.05) is 18.3 Å². The standard InChI is InChI=1S/C11H10ClN3O/c1-7-10(13)2-3-11(15-7)16-9-4-8(12)5-14-6-9/h2-6H,13H2,1H3. The molecule has 82 valence electrons. The SMILES string of the molecule is Cc1nc(Oc2cncc(Cl)c2)ccc1N. The number of anilines is 1. The lowest BCUT2D eigenvalue weighted by molar-refractivity contribution is 0.460. The molecular formula is C11H10ClN3O. The fourth-order valence-corrected chi connectivity index (χ4v) is 1.34. The van der Waals surface area contributed by atoms with Crippen LogP contribution >= 0.6 is 11.6 Å². The van der Waals surface area contributed by atoms with Gasteiger partial charge in [0.15, 0.2) is 0 Å². The maximum Gasteiger partial charge on any atom is 0.219 e. The van der Waals surface area contributed by atoms with Crippen molar-refractivity contribution < 1.29 is 4.74 Å². The molecule has 0 fully saturated rings. The number of nitrogen functional groups attached to an aromatic ring is 1. The Balaban J connectivity index is 2.24. The zero-order valence-electron chi connectivity index (χ0n) is 8.64. The summed E-state index contributed by atoms with van der Waals surface area (Å²) >= 11 is 5.78. The third-order valence-electron chi connectivity index (χ3n) is 2.00. The van der Waals surface area contributed by atoms with E-state index in [1.807, 2.05) is 6.92 Å². The first-order valence-electron chi connectivity index (χ1n) is 4.66. The number of halogens is 1. The molecule has 0 saturated heterocycles. The van der Waals surface area contributed by atoms with E-state index in [4.69, 9.17) is 22.1 Å². The van der Waals surface area contributed by atoms with Crippen LogP contribution in [0, 0.1) is 6.92 Å². The minimum atomic E-state index is 0.468. The van der Waals surface area contributed by atoms with Crippen molar-refractivity contribution in [3.8, 4) is 11.6 Å². The molecule has 0 bridgehead atoms. The molecule has 0 radical (unpaired) electrons. The van der Waals surface area contributed by atoms with E-state index in [0.29, 0.717) is 22.3 Å². The van der Waals surface area contributed by atoms with E-state index in [1.165, 1.54) is 6.20 Å². The van der Waals surface area contributed by atoms with Crippen LogP contribution < -0.4 is 10.5 Å². The molecule has 2 rings (SSSR count). The summed E-state index contributed by atoms with van der Waals surface area (Å²) in [4.78, 5) is 8.09. The Morgan fingerprint density at radius 3 is 2.81 bits per heavy atom. The van der Waals surface area contributed by atoms with Crippen molar-refractivity contribution in [3.63, 3.8) is 0 Å². The molecule has 0 aliphatic rings. The Kier molecular flexibility index (Phi) is 2.92. The first-order valence-corrected chi connectivity index (χ1v) is 5.04. The van der Waals surface area contributed by atoms with Crippen LogP contribution in [0.1, 0.15) is 5.69 Å². The van der Waals surface area contributed by atoms with Crippen LogP contribution in [-0.4, -0.2) is 9.97 Å². The molecule has 0 amide bonds. The monoisotopic (exact) mass is 235 g/mol. The van der Waals surface area contributed by atoms with E-state index >= 15 is 0 Å². The summed E-state index contributed by atoms with van der Waals surface area (Å²) in [6, 6.07) is 5.11. The third kappa shape index (κ3) is 2.41. The van der Waals surface area contributed by atoms with E-state index < -0.39 is 0 Å². The van der Waals surface area contributed by atoms with E-state index in [9.17, 15) is 0 Å². The average molecular weight is 236 g/mol. The minimum Gasteiger partial charge on any atom is -0.437 e. The van der Waals surface area contributed by atoms with Gasteiger partial charge >= 0.3 is 0 Å². The molecule has 4 nitrogen and oxygen atoms in total. The van der Waals surface area contributed by atoms with Crippen LogP contribution in [-0.2, 0) is 0 Å². The minimum absolute atomic E-state index is 0.468. The summed E-state index contributed by atoms with van der Waals surface area (Å²) in [6.45, 7) is 1.82. The highest BCUT2D eigenvalue weighted by molar-refractivity contribution is 6.30. The van der Waals surface area contributed by atoms with Gasteiger partial charge in [-0.2, -0.15) is 0 Å². The predicted octanol–water partition coefficient (Wildman–Crippen LogP) is 2.81. The second-order valence-electron chi connectivity index (χ2n) is 3.27. The van der Waals surface area contributed by atoms with E-state index in [1.54, 1.807) is 24.4 Å². The number of aromatic nitrogens is 2. The summed E-state index contributed by atoms with van der Waals surface area (Å²) in [7, 11) is 0. The van der Waals surface area contributed by atoms with Crippen molar-refractivity contribution in [2.45, 2.75) is 6.92 Å². The first kappa shape index (κ1) is 10.7. The molecule has 5 heteroatoms. The second-order valence-corrected chi connectivity index (χ2v) is 3.70. The fourth-order valence-electron chi connectivity index (χ4n) is 1.17. The normalized spacial score (nSPS) is 10.1. The lowest BCUT2D eigenvalue weighted by Crippen LogP contribution is -1.95. The number of hydrogen-bond acceptors (Lipinski definition) is 4. The van der Waals surface area contributed by atoms with Crippen molar-refractivity contribution in [2.24, 2.45) is 0 Å². The van der Waals surface area contributed by atoms with E-state index in [-0.39, 0.29) is 0 Å². The van der Waals surface area contributed by atoms with Gasteiger partial charge < -0.3 is 10.5 Å². The maximum absolute atomic E-state index is 5.78. The molecule has 0 aromatic carbocycles. The van der Waals surface area contributed by atoms with Gasteiger partial charge in [0.05, 0.1) is 22.6 Å². The Hall–Kier alpha value is -1.81. The quantitative estimate of drug-likeness (QED) is 0.870. The van der Waals surface area contributed by atoms with Gasteiger partial charge in [-0.05, 0) is 13.0 Å². The average Bonchev–Trinajstić information content (AvgIpc) is 2.24. The summed E-state index contributed by atoms with van der Waals surface area (Å²) < 4.78 is 5.48. The van der Waals surface area contributed by atoms with E-state index in [2.05, 4.69) is 9.97 Å². The highest BCUT2D eigenvalue weighted by Gasteiger charge is 2.02. The van der Waals surface area contributed by atoms with Crippen molar-refractivity contribution in [3.05, 3.63) is 41.3 Å². The molecule has 0 unspecified atom stereocenters. The van der Waals surface area contributed by atoms with Crippen molar-refractivity contribution in [1.82, 2.24) is 9.97 Å². The van der Waals surface area contributed by atoms with Crippen LogP contribution in [0.4, 0.5) is 5.69 Å². The van der Waals surface area contributed by atoms with Crippen LogP contribution in [0.3, 0.4) is 0 Å². The van der Waals surface area contributed by atoms with Gasteiger partial charge in [-0.15, -0.1) is 0 Å². The Bertz CT molecular complexity index is 516. The van der Waals surface area contributed by atoms with Crippen molar-refractivity contribution in [2.75, 3.05) is 5.73 Å². The van der Waals surface area contributed by atoms with Gasteiger partial charge in [0.2, 0.25) is 5.88 Å². The third-order valence-corrected chi connectivity index (χ3v) is 2.21. The lowest BCUT2D eigenvalue weighted by Gasteiger charge is -2.06. The number of pyridine rings is 2. The molecule has 2 N–H and O–H groups in total. The number of hydrogen-bond donors (Lipinski definition) is 1. The molecule has 0 aliphatic carbocycles. The van der Waals surface area contributed by atoms with Gasteiger partial charge in [-0.3, -0.25) is 4.98 Å². The largest absolute Gasteiger partial charge is 0.437 e. The Morgan fingerprint density at radius 2 is 2.12 bits per heavy atom. The summed E-state index contributed by atoms with van der Waals surface area (Å²) in [6.07, 6.45) is 3.11. The Morgan fingerprint density at radius 1 is 1.31 bits per heavy atom. The zero-order chi connectivity index (χ0) is 11.5. The molecule has 2 aromatic heterocycles. The highest BCUT2D eigenvalue weighted by Crippen LogP contribution is 2.22. The molecule has 16 heavy (non-hydrogen) atoms. The van der Waals surface area contributed by atoms with Gasteiger partial charge in [0.25, 0.3) is 0 Å². The van der Waals surface area contributed by atoms with E-state index in [0.717, 1.165) is 5.69 Å². The van der Waals surface area contributed by atoms with Gasteiger partial charge in [-0.25, -0.2) is 4.98 Å². The molecule has 2 aromatic rings. The number of ether oxygens (including phenoxy) is 1. The smallest absolute Gasteiger partial charge is 0.219 e. The van der Waals surface area contributed by atoms with Gasteiger partial charge in [-0.1, -0.05) is 11.6 Å². The topological polar surface area (TPSA) is 61.0 Å². The molecule has 0 saturated carbocycles. The van der Waals surface area contributed by atoms with Crippen molar-refractivity contribution >= 4 is 17.3 Å². The summed E-state index contributed by atoms with van der Waals surface area (Å²) in [5, 5.41) is 0.518. The molecular weight excluding hydrogens is 226 g/mol. The number of nitrogens with two attached hydrogens (primary N) is 1. The first-order chi connectivity index (χ1) is 7.65. The summed E-state index contributed by atoms with van der Waals surface area (Å²) in [5.74, 6) is 1.01. The molecule has 0 aliphatic heterocycles. The van der Waals surface area contributed by atoms with Crippen LogP contribution in [0.25, 0.3) is 0 Å². The molecule has 2 heterocycles. The van der Waals surface area contributed by atoms with Crippen molar-refractivity contribution in [1.29, 1.82) is 0 Å². The highest BCUT2D eigenvalue weighted by atomic mass is 35.5. The number of aryl methyl sites for hydroxylation is 1. The predicted molar refractivity (Wildman–Crippen MR) is 62.7 cm³/mol. The number of rotatable bonds is 2. The number of nitrogens with zero attached hydrogens (tertiary/aromatic N) is 2. The van der Waals surface area contributed by atoms with Crippen LogP contribution in [0.5, 0.6) is 11.6 Å². The second kappa shape index (κ2) is 4.37. The Labute approximate surface area is 98.0 Å². The summed E-state index contributed by atoms with van der Waals surface area (Å²) in [5.41, 5.74) is 7.02. The zero-order valence-corrected chi connectivity index (χ0v) is 9.40. The maximum atomic E-state index is 5.78.